The Hall–Kier alpha value is -7.58. The molecule has 0 saturated heterocycles. The SMILES string of the molecule is O=C1C=CC(=O)N1c1ccc(N(c2ccc(N(c3ccc(N4C(=O)C=CC4=O)cc3)c3ccc4ccccc4c3)cc2)c2ccc3ccccc3c2)cc1. The number of nitrogens with zero attached hydrogens (tertiary/aromatic N) is 4. The average Bonchev–Trinajstić information content (AvgIpc) is 3.73. The van der Waals surface area contributed by atoms with E-state index in [1.807, 2.05) is 48.5 Å². The fourth-order valence-corrected chi connectivity index (χ4v) is 7.09. The van der Waals surface area contributed by atoms with Crippen molar-refractivity contribution in [1.82, 2.24) is 0 Å². The highest BCUT2D eigenvalue weighted by atomic mass is 16.2. The lowest BCUT2D eigenvalue weighted by atomic mass is 10.1. The van der Waals surface area contributed by atoms with E-state index in [1.54, 1.807) is 24.3 Å². The summed E-state index contributed by atoms with van der Waals surface area (Å²) in [6, 6.07) is 52.0. The fraction of sp³-hybridized carbons (Fsp3) is 0. The molecule has 0 radical (unpaired) electrons. The van der Waals surface area contributed by atoms with Gasteiger partial charge in [-0.1, -0.05) is 60.7 Å². The van der Waals surface area contributed by atoms with Gasteiger partial charge < -0.3 is 9.80 Å². The average molecular weight is 703 g/mol. The van der Waals surface area contributed by atoms with Crippen molar-refractivity contribution >= 4 is 90.7 Å². The van der Waals surface area contributed by atoms with E-state index in [-0.39, 0.29) is 23.6 Å². The van der Waals surface area contributed by atoms with E-state index in [9.17, 15) is 19.2 Å². The van der Waals surface area contributed by atoms with E-state index in [2.05, 4.69) is 94.7 Å². The largest absolute Gasteiger partial charge is 0.310 e. The summed E-state index contributed by atoms with van der Waals surface area (Å²) >= 11 is 0. The van der Waals surface area contributed by atoms with Crippen LogP contribution in [-0.4, -0.2) is 23.6 Å². The standard InChI is InChI=1S/C46H30N4O4/c51-43-25-26-44(52)49(43)39-21-17-37(18-22-39)47(41-11-9-31-5-1-3-7-33(31)29-41)35-13-15-36(16-14-35)48(42-12-10-32-6-2-4-8-34(32)30-42)38-19-23-40(24-20-38)50-45(53)27-28-46(50)54/h1-30H. The molecule has 2 heterocycles. The predicted molar refractivity (Wildman–Crippen MR) is 214 cm³/mol. The van der Waals surface area contributed by atoms with E-state index in [1.165, 1.54) is 24.3 Å². The first-order chi connectivity index (χ1) is 26.4. The highest BCUT2D eigenvalue weighted by Gasteiger charge is 2.27. The molecule has 7 aromatic carbocycles. The summed E-state index contributed by atoms with van der Waals surface area (Å²) in [7, 11) is 0. The van der Waals surface area contributed by atoms with Crippen molar-refractivity contribution in [2.24, 2.45) is 0 Å². The number of fused-ring (bicyclic) bond motifs is 2. The molecule has 0 unspecified atom stereocenters. The molecular weight excluding hydrogens is 673 g/mol. The predicted octanol–water partition coefficient (Wildman–Crippen LogP) is 9.79. The highest BCUT2D eigenvalue weighted by molar-refractivity contribution is 6.28. The topological polar surface area (TPSA) is 81.2 Å². The van der Waals surface area contributed by atoms with E-state index in [0.29, 0.717) is 11.4 Å². The molecule has 2 aliphatic heterocycles. The lowest BCUT2D eigenvalue weighted by Crippen LogP contribution is -2.29. The van der Waals surface area contributed by atoms with Gasteiger partial charge in [0.05, 0.1) is 11.4 Å². The van der Waals surface area contributed by atoms with Gasteiger partial charge in [0.2, 0.25) is 0 Å². The monoisotopic (exact) mass is 702 g/mol. The van der Waals surface area contributed by atoms with Crippen molar-refractivity contribution in [3.63, 3.8) is 0 Å². The Morgan fingerprint density at radius 2 is 0.574 bits per heavy atom. The first-order valence-corrected chi connectivity index (χ1v) is 17.4. The van der Waals surface area contributed by atoms with Crippen LogP contribution in [0.3, 0.4) is 0 Å². The molecule has 2 aliphatic rings. The second-order valence-corrected chi connectivity index (χ2v) is 13.0. The number of carbonyl (C=O) groups excluding carboxylic acids is 4. The summed E-state index contributed by atoms with van der Waals surface area (Å²) in [5.41, 5.74) is 6.35. The van der Waals surface area contributed by atoms with Crippen LogP contribution < -0.4 is 19.6 Å². The van der Waals surface area contributed by atoms with Crippen molar-refractivity contribution in [3.05, 3.63) is 182 Å². The molecule has 7 aromatic rings. The summed E-state index contributed by atoms with van der Waals surface area (Å²) in [4.78, 5) is 56.2. The van der Waals surface area contributed by atoms with Gasteiger partial charge in [-0.3, -0.25) is 19.2 Å². The van der Waals surface area contributed by atoms with Crippen LogP contribution in [0.25, 0.3) is 21.5 Å². The number of amides is 4. The van der Waals surface area contributed by atoms with Crippen molar-refractivity contribution in [3.8, 4) is 0 Å². The van der Waals surface area contributed by atoms with Gasteiger partial charge >= 0.3 is 0 Å². The van der Waals surface area contributed by atoms with E-state index in [4.69, 9.17) is 0 Å². The molecule has 4 amide bonds. The molecule has 0 bridgehead atoms. The molecule has 0 saturated carbocycles. The van der Waals surface area contributed by atoms with Crippen LogP contribution in [0.5, 0.6) is 0 Å². The van der Waals surface area contributed by atoms with E-state index < -0.39 is 0 Å². The minimum Gasteiger partial charge on any atom is -0.310 e. The Labute approximate surface area is 310 Å². The lowest BCUT2D eigenvalue weighted by molar-refractivity contribution is -0.121. The van der Waals surface area contributed by atoms with E-state index in [0.717, 1.165) is 65.5 Å². The minimum atomic E-state index is -0.365. The van der Waals surface area contributed by atoms with Crippen LogP contribution >= 0.6 is 0 Å². The molecule has 8 heteroatoms. The summed E-state index contributed by atoms with van der Waals surface area (Å²) in [6.45, 7) is 0. The summed E-state index contributed by atoms with van der Waals surface area (Å²) in [5.74, 6) is -1.46. The smallest absolute Gasteiger partial charge is 0.258 e. The molecular formula is C46H30N4O4. The second-order valence-electron chi connectivity index (χ2n) is 13.0. The van der Waals surface area contributed by atoms with Gasteiger partial charge in [-0.15, -0.1) is 0 Å². The minimum absolute atomic E-state index is 0.365. The zero-order valence-electron chi connectivity index (χ0n) is 28.7. The Morgan fingerprint density at radius 1 is 0.296 bits per heavy atom. The zero-order valence-corrected chi connectivity index (χ0v) is 28.7. The van der Waals surface area contributed by atoms with Crippen molar-refractivity contribution < 1.29 is 19.2 Å². The molecule has 0 spiro atoms. The lowest BCUT2D eigenvalue weighted by Gasteiger charge is -2.29. The van der Waals surface area contributed by atoms with Crippen LogP contribution in [-0.2, 0) is 19.2 Å². The summed E-state index contributed by atoms with van der Waals surface area (Å²) in [6.07, 6.45) is 5.12. The third kappa shape index (κ3) is 5.78. The summed E-state index contributed by atoms with van der Waals surface area (Å²) < 4.78 is 0. The first kappa shape index (κ1) is 32.3. The fourth-order valence-electron chi connectivity index (χ4n) is 7.09. The van der Waals surface area contributed by atoms with Crippen molar-refractivity contribution in [2.75, 3.05) is 19.6 Å². The number of hydrogen-bond acceptors (Lipinski definition) is 6. The molecule has 8 nitrogen and oxygen atoms in total. The number of anilines is 8. The number of imide groups is 2. The van der Waals surface area contributed by atoms with Gasteiger partial charge in [0.1, 0.15) is 0 Å². The third-order valence-electron chi connectivity index (χ3n) is 9.70. The first-order valence-electron chi connectivity index (χ1n) is 17.4. The van der Waals surface area contributed by atoms with Gasteiger partial charge in [-0.2, -0.15) is 0 Å². The normalized spacial score (nSPS) is 13.9. The number of hydrogen-bond donors (Lipinski definition) is 0. The molecule has 0 aromatic heterocycles. The number of benzene rings is 7. The van der Waals surface area contributed by atoms with Crippen molar-refractivity contribution in [1.29, 1.82) is 0 Å². The van der Waals surface area contributed by atoms with Crippen LogP contribution in [0.2, 0.25) is 0 Å². The molecule has 258 valence electrons. The van der Waals surface area contributed by atoms with Gasteiger partial charge in [-0.05, 0) is 119 Å². The van der Waals surface area contributed by atoms with Gasteiger partial charge in [0.25, 0.3) is 23.6 Å². The van der Waals surface area contributed by atoms with Gasteiger partial charge in [0.15, 0.2) is 0 Å². The molecule has 0 atom stereocenters. The Bertz CT molecular complexity index is 2480. The van der Waals surface area contributed by atoms with Gasteiger partial charge in [-0.25, -0.2) is 9.80 Å². The maximum Gasteiger partial charge on any atom is 0.258 e. The van der Waals surface area contributed by atoms with Gasteiger partial charge in [0, 0.05) is 58.4 Å². The highest BCUT2D eigenvalue weighted by Crippen LogP contribution is 2.41. The molecule has 0 fully saturated rings. The van der Waals surface area contributed by atoms with Crippen molar-refractivity contribution in [2.45, 2.75) is 0 Å². The number of rotatable bonds is 8. The maximum atomic E-state index is 12.4. The quantitative estimate of drug-likeness (QED) is 0.147. The van der Waals surface area contributed by atoms with E-state index >= 15 is 0 Å². The zero-order chi connectivity index (χ0) is 36.8. The maximum absolute atomic E-state index is 12.4. The Morgan fingerprint density at radius 3 is 0.907 bits per heavy atom. The second kappa shape index (κ2) is 13.2. The molecule has 54 heavy (non-hydrogen) atoms. The Kier molecular flexibility index (Phi) is 7.90. The third-order valence-corrected chi connectivity index (χ3v) is 9.70. The Balaban J connectivity index is 1.12. The molecule has 9 rings (SSSR count). The van der Waals surface area contributed by atoms with Crippen LogP contribution in [0, 0.1) is 0 Å². The van der Waals surface area contributed by atoms with Crippen LogP contribution in [0.1, 0.15) is 0 Å². The number of carbonyl (C=O) groups is 4. The molecule has 0 aliphatic carbocycles. The van der Waals surface area contributed by atoms with Crippen LogP contribution in [0.15, 0.2) is 182 Å². The molecule has 0 N–H and O–H groups in total. The summed E-state index contributed by atoms with van der Waals surface area (Å²) in [5, 5.41) is 4.42. The van der Waals surface area contributed by atoms with Crippen LogP contribution in [0.4, 0.5) is 45.5 Å².